The Labute approximate surface area is 166 Å². The van der Waals surface area contributed by atoms with Gasteiger partial charge in [0, 0.05) is 34.9 Å². The van der Waals surface area contributed by atoms with E-state index < -0.39 is 11.7 Å². The number of hydrogen-bond donors (Lipinski definition) is 1. The van der Waals surface area contributed by atoms with Crippen LogP contribution in [-0.4, -0.2) is 26.1 Å². The van der Waals surface area contributed by atoms with Crippen molar-refractivity contribution >= 4 is 45.3 Å². The SMILES string of the molecule is FC(F)(F)c1cccc(Nc2ncnc3c2nc(I)n3C2CCCCO2)c1. The molecule has 142 valence electrons. The van der Waals surface area contributed by atoms with Crippen molar-refractivity contribution in [3.63, 3.8) is 0 Å². The first-order chi connectivity index (χ1) is 12.9. The Morgan fingerprint density at radius 2 is 2.07 bits per heavy atom. The van der Waals surface area contributed by atoms with Gasteiger partial charge in [-0.15, -0.1) is 0 Å². The number of alkyl halides is 3. The number of anilines is 2. The lowest BCUT2D eigenvalue weighted by atomic mass is 10.2. The standard InChI is InChI=1S/C17H15F3IN5O/c18-17(19,20)10-4-3-5-11(8-10)24-14-13-15(23-9-22-14)26(16(21)25-13)12-6-1-2-7-27-12/h3-5,8-9,12H,1-2,6-7H2,(H,22,23,24). The van der Waals surface area contributed by atoms with Crippen LogP contribution in [0.1, 0.15) is 31.1 Å². The minimum absolute atomic E-state index is 0.146. The Morgan fingerprint density at radius 1 is 1.22 bits per heavy atom. The highest BCUT2D eigenvalue weighted by Gasteiger charge is 2.30. The molecular formula is C17H15F3IN5O. The topological polar surface area (TPSA) is 64.9 Å². The van der Waals surface area contributed by atoms with Gasteiger partial charge in [0.05, 0.1) is 5.56 Å². The second kappa shape index (κ2) is 7.23. The summed E-state index contributed by atoms with van der Waals surface area (Å²) in [6.45, 7) is 0.681. The van der Waals surface area contributed by atoms with Gasteiger partial charge in [0.2, 0.25) is 0 Å². The lowest BCUT2D eigenvalue weighted by Gasteiger charge is -2.24. The zero-order valence-corrected chi connectivity index (χ0v) is 16.2. The predicted octanol–water partition coefficient (Wildman–Crippen LogP) is 4.89. The molecule has 0 bridgehead atoms. The first-order valence-corrected chi connectivity index (χ1v) is 9.45. The van der Waals surface area contributed by atoms with Gasteiger partial charge in [-0.3, -0.25) is 4.57 Å². The number of nitrogens with zero attached hydrogens (tertiary/aromatic N) is 4. The van der Waals surface area contributed by atoms with Crippen LogP contribution in [0.25, 0.3) is 11.2 Å². The van der Waals surface area contributed by atoms with Crippen LogP contribution in [-0.2, 0) is 10.9 Å². The Hall–Kier alpha value is -1.95. The zero-order valence-electron chi connectivity index (χ0n) is 14.0. The van der Waals surface area contributed by atoms with Gasteiger partial charge in [0.25, 0.3) is 0 Å². The van der Waals surface area contributed by atoms with Gasteiger partial charge in [-0.2, -0.15) is 13.2 Å². The van der Waals surface area contributed by atoms with Crippen LogP contribution < -0.4 is 5.32 Å². The number of benzene rings is 1. The molecule has 1 aromatic carbocycles. The van der Waals surface area contributed by atoms with E-state index in [9.17, 15) is 13.2 Å². The molecule has 1 unspecified atom stereocenters. The third-order valence-electron chi connectivity index (χ3n) is 4.33. The summed E-state index contributed by atoms with van der Waals surface area (Å²) in [4.78, 5) is 13.0. The lowest BCUT2D eigenvalue weighted by molar-refractivity contribution is -0.137. The van der Waals surface area contributed by atoms with E-state index >= 15 is 0 Å². The summed E-state index contributed by atoms with van der Waals surface area (Å²) in [6.07, 6.45) is -0.241. The van der Waals surface area contributed by atoms with Crippen LogP contribution in [0.5, 0.6) is 0 Å². The summed E-state index contributed by atoms with van der Waals surface area (Å²) in [5.74, 6) is 0.354. The van der Waals surface area contributed by atoms with Crippen LogP contribution >= 0.6 is 22.6 Å². The fraction of sp³-hybridized carbons (Fsp3) is 0.353. The first kappa shape index (κ1) is 18.4. The maximum Gasteiger partial charge on any atom is 0.416 e. The molecule has 27 heavy (non-hydrogen) atoms. The fourth-order valence-electron chi connectivity index (χ4n) is 3.07. The van der Waals surface area contributed by atoms with Gasteiger partial charge in [0.15, 0.2) is 20.8 Å². The lowest BCUT2D eigenvalue weighted by Crippen LogP contribution is -2.19. The van der Waals surface area contributed by atoms with Crippen LogP contribution in [0.3, 0.4) is 0 Å². The van der Waals surface area contributed by atoms with Gasteiger partial charge in [-0.05, 0) is 37.5 Å². The van der Waals surface area contributed by atoms with Crippen molar-refractivity contribution in [2.24, 2.45) is 0 Å². The quantitative estimate of drug-likeness (QED) is 0.419. The number of ether oxygens (including phenoxy) is 1. The third kappa shape index (κ3) is 3.72. The molecule has 3 aromatic rings. The van der Waals surface area contributed by atoms with E-state index in [0.29, 0.717) is 27.4 Å². The van der Waals surface area contributed by atoms with Gasteiger partial charge < -0.3 is 10.1 Å². The molecule has 1 saturated heterocycles. The summed E-state index contributed by atoms with van der Waals surface area (Å²) >= 11 is 2.11. The van der Waals surface area contributed by atoms with Crippen molar-refractivity contribution < 1.29 is 17.9 Å². The molecule has 3 heterocycles. The summed E-state index contributed by atoms with van der Waals surface area (Å²) in [6, 6.07) is 4.97. The Morgan fingerprint density at radius 3 is 2.81 bits per heavy atom. The second-order valence-electron chi connectivity index (χ2n) is 6.17. The van der Waals surface area contributed by atoms with E-state index in [1.807, 2.05) is 4.57 Å². The van der Waals surface area contributed by atoms with Gasteiger partial charge >= 0.3 is 6.18 Å². The zero-order chi connectivity index (χ0) is 19.0. The minimum atomic E-state index is -4.41. The number of fused-ring (bicyclic) bond motifs is 1. The van der Waals surface area contributed by atoms with Crippen molar-refractivity contribution in [1.82, 2.24) is 19.5 Å². The number of imidazole rings is 1. The van der Waals surface area contributed by atoms with Gasteiger partial charge in [-0.1, -0.05) is 6.07 Å². The van der Waals surface area contributed by atoms with E-state index in [4.69, 9.17) is 4.74 Å². The summed E-state index contributed by atoms with van der Waals surface area (Å²) in [5.41, 5.74) is 0.640. The third-order valence-corrected chi connectivity index (χ3v) is 5.09. The van der Waals surface area contributed by atoms with Crippen molar-refractivity contribution in [1.29, 1.82) is 0 Å². The molecule has 0 spiro atoms. The highest BCUT2D eigenvalue weighted by molar-refractivity contribution is 14.1. The smallest absolute Gasteiger partial charge is 0.358 e. The van der Waals surface area contributed by atoms with E-state index in [2.05, 4.69) is 42.9 Å². The molecule has 2 aromatic heterocycles. The maximum atomic E-state index is 12.9. The Balaban J connectivity index is 1.71. The van der Waals surface area contributed by atoms with Crippen molar-refractivity contribution in [3.05, 3.63) is 40.0 Å². The first-order valence-electron chi connectivity index (χ1n) is 8.38. The summed E-state index contributed by atoms with van der Waals surface area (Å²) in [5, 5.41) is 2.93. The number of halogens is 4. The molecule has 0 radical (unpaired) electrons. The maximum absolute atomic E-state index is 12.9. The molecule has 6 nitrogen and oxygen atoms in total. The van der Waals surface area contributed by atoms with Gasteiger partial charge in [0.1, 0.15) is 12.6 Å². The molecule has 0 aliphatic carbocycles. The molecular weight excluding hydrogens is 474 g/mol. The number of aromatic nitrogens is 4. The minimum Gasteiger partial charge on any atom is -0.358 e. The van der Waals surface area contributed by atoms with Crippen LogP contribution in [0.2, 0.25) is 0 Å². The molecule has 4 rings (SSSR count). The molecule has 1 aliphatic heterocycles. The molecule has 0 amide bonds. The summed E-state index contributed by atoms with van der Waals surface area (Å²) in [7, 11) is 0. The van der Waals surface area contributed by atoms with E-state index in [1.54, 1.807) is 6.07 Å². The predicted molar refractivity (Wildman–Crippen MR) is 102 cm³/mol. The Bertz CT molecular complexity index is 969. The highest BCUT2D eigenvalue weighted by atomic mass is 127. The average Bonchev–Trinajstić information content (AvgIpc) is 2.99. The van der Waals surface area contributed by atoms with Crippen LogP contribution in [0, 0.1) is 3.83 Å². The molecule has 10 heteroatoms. The number of nitrogens with one attached hydrogen (secondary N) is 1. The van der Waals surface area contributed by atoms with Crippen molar-refractivity contribution in [2.75, 3.05) is 11.9 Å². The highest BCUT2D eigenvalue weighted by Crippen LogP contribution is 2.33. The molecule has 1 N–H and O–H groups in total. The molecule has 0 saturated carbocycles. The largest absolute Gasteiger partial charge is 0.416 e. The van der Waals surface area contributed by atoms with Crippen LogP contribution in [0.4, 0.5) is 24.7 Å². The fourth-order valence-corrected chi connectivity index (χ4v) is 3.85. The molecule has 1 atom stereocenters. The molecule has 1 fully saturated rings. The number of rotatable bonds is 3. The van der Waals surface area contributed by atoms with E-state index in [1.165, 1.54) is 12.4 Å². The van der Waals surface area contributed by atoms with Crippen molar-refractivity contribution in [3.8, 4) is 0 Å². The monoisotopic (exact) mass is 489 g/mol. The van der Waals surface area contributed by atoms with Crippen LogP contribution in [0.15, 0.2) is 30.6 Å². The van der Waals surface area contributed by atoms with E-state index in [-0.39, 0.29) is 11.9 Å². The Kier molecular flexibility index (Phi) is 4.93. The second-order valence-corrected chi connectivity index (χ2v) is 7.13. The molecule has 1 aliphatic rings. The average molecular weight is 489 g/mol. The summed E-state index contributed by atoms with van der Waals surface area (Å²) < 4.78 is 47.3. The normalized spacial score (nSPS) is 18.0. The van der Waals surface area contributed by atoms with E-state index in [0.717, 1.165) is 31.4 Å². The van der Waals surface area contributed by atoms with Gasteiger partial charge in [-0.25, -0.2) is 15.0 Å². The van der Waals surface area contributed by atoms with Crippen molar-refractivity contribution in [2.45, 2.75) is 31.7 Å². The number of hydrogen-bond acceptors (Lipinski definition) is 5.